The summed E-state index contributed by atoms with van der Waals surface area (Å²) in [6, 6.07) is 12.5. The molecule has 0 N–H and O–H groups in total. The molecule has 0 saturated carbocycles. The first kappa shape index (κ1) is 13.0. The number of fused-ring (bicyclic) bond motifs is 1. The van der Waals surface area contributed by atoms with Crippen LogP contribution in [-0.4, -0.2) is 12.8 Å². The van der Waals surface area contributed by atoms with E-state index in [1.165, 1.54) is 0 Å². The summed E-state index contributed by atoms with van der Waals surface area (Å²) in [4.78, 5) is 11.9. The molecular weight excluding hydrogens is 324 g/mol. The fourth-order valence-electron chi connectivity index (χ4n) is 1.85. The van der Waals surface area contributed by atoms with Crippen molar-refractivity contribution in [2.75, 3.05) is 6.79 Å². The van der Waals surface area contributed by atoms with Gasteiger partial charge in [-0.2, -0.15) is 0 Å². The minimum absolute atomic E-state index is 0.200. The SMILES string of the molecule is O=C(OCc1ccc2c(c1)OCO2)c1ccc(Br)cc1. The first-order valence-corrected chi connectivity index (χ1v) is 6.83. The summed E-state index contributed by atoms with van der Waals surface area (Å²) >= 11 is 3.32. The van der Waals surface area contributed by atoms with Crippen molar-refractivity contribution in [3.05, 3.63) is 58.1 Å². The van der Waals surface area contributed by atoms with E-state index in [-0.39, 0.29) is 19.4 Å². The second-order valence-electron chi connectivity index (χ2n) is 4.27. The van der Waals surface area contributed by atoms with E-state index >= 15 is 0 Å². The van der Waals surface area contributed by atoms with Crippen molar-refractivity contribution < 1.29 is 19.0 Å². The molecule has 102 valence electrons. The number of benzene rings is 2. The van der Waals surface area contributed by atoms with Crippen molar-refractivity contribution in [3.8, 4) is 11.5 Å². The number of esters is 1. The molecule has 2 aromatic rings. The zero-order valence-electron chi connectivity index (χ0n) is 10.5. The Labute approximate surface area is 124 Å². The van der Waals surface area contributed by atoms with Gasteiger partial charge in [-0.05, 0) is 42.0 Å². The zero-order chi connectivity index (χ0) is 13.9. The van der Waals surface area contributed by atoms with E-state index in [1.807, 2.05) is 18.2 Å². The van der Waals surface area contributed by atoms with E-state index in [0.29, 0.717) is 17.1 Å². The third kappa shape index (κ3) is 2.77. The molecule has 4 nitrogen and oxygen atoms in total. The Bertz CT molecular complexity index is 637. The standard InChI is InChI=1S/C15H11BrO4/c16-12-4-2-11(3-5-12)15(17)18-8-10-1-6-13-14(7-10)20-9-19-13/h1-7H,8-9H2. The summed E-state index contributed by atoms with van der Waals surface area (Å²) in [5.41, 5.74) is 1.38. The third-order valence-electron chi connectivity index (χ3n) is 2.89. The van der Waals surface area contributed by atoms with Crippen LogP contribution in [0.3, 0.4) is 0 Å². The first-order valence-electron chi connectivity index (χ1n) is 6.03. The largest absolute Gasteiger partial charge is 0.457 e. The van der Waals surface area contributed by atoms with Gasteiger partial charge in [0, 0.05) is 4.47 Å². The molecule has 0 unspecified atom stereocenters. The van der Waals surface area contributed by atoms with Gasteiger partial charge in [-0.3, -0.25) is 0 Å². The van der Waals surface area contributed by atoms with Crippen LogP contribution >= 0.6 is 15.9 Å². The number of hydrogen-bond donors (Lipinski definition) is 0. The van der Waals surface area contributed by atoms with Crippen molar-refractivity contribution in [1.82, 2.24) is 0 Å². The maximum atomic E-state index is 11.9. The summed E-state index contributed by atoms with van der Waals surface area (Å²) in [5, 5.41) is 0. The summed E-state index contributed by atoms with van der Waals surface area (Å²) in [6.07, 6.45) is 0. The lowest BCUT2D eigenvalue weighted by Crippen LogP contribution is -2.04. The molecule has 2 aromatic carbocycles. The Morgan fingerprint density at radius 2 is 1.85 bits per heavy atom. The Morgan fingerprint density at radius 1 is 1.10 bits per heavy atom. The molecule has 3 rings (SSSR count). The first-order chi connectivity index (χ1) is 9.72. The van der Waals surface area contributed by atoms with Gasteiger partial charge in [0.1, 0.15) is 6.61 Å². The molecule has 0 bridgehead atoms. The van der Waals surface area contributed by atoms with Crippen LogP contribution < -0.4 is 9.47 Å². The fourth-order valence-corrected chi connectivity index (χ4v) is 2.11. The maximum Gasteiger partial charge on any atom is 0.338 e. The van der Waals surface area contributed by atoms with Crippen LogP contribution in [0.25, 0.3) is 0 Å². The molecule has 0 spiro atoms. The van der Waals surface area contributed by atoms with Crippen LogP contribution in [0.2, 0.25) is 0 Å². The Balaban J connectivity index is 1.64. The smallest absolute Gasteiger partial charge is 0.338 e. The van der Waals surface area contributed by atoms with Crippen molar-refractivity contribution in [3.63, 3.8) is 0 Å². The van der Waals surface area contributed by atoms with Crippen LogP contribution in [-0.2, 0) is 11.3 Å². The van der Waals surface area contributed by atoms with Gasteiger partial charge >= 0.3 is 5.97 Å². The van der Waals surface area contributed by atoms with E-state index in [1.54, 1.807) is 24.3 Å². The van der Waals surface area contributed by atoms with Crippen LogP contribution in [0.15, 0.2) is 46.9 Å². The van der Waals surface area contributed by atoms with E-state index in [0.717, 1.165) is 10.0 Å². The van der Waals surface area contributed by atoms with E-state index < -0.39 is 0 Å². The zero-order valence-corrected chi connectivity index (χ0v) is 12.1. The van der Waals surface area contributed by atoms with Crippen molar-refractivity contribution in [2.45, 2.75) is 6.61 Å². The topological polar surface area (TPSA) is 44.8 Å². The average molecular weight is 335 g/mol. The molecule has 0 saturated heterocycles. The molecule has 5 heteroatoms. The monoisotopic (exact) mass is 334 g/mol. The van der Waals surface area contributed by atoms with Gasteiger partial charge in [-0.15, -0.1) is 0 Å². The second-order valence-corrected chi connectivity index (χ2v) is 5.19. The van der Waals surface area contributed by atoms with Gasteiger partial charge in [0.05, 0.1) is 5.56 Å². The Morgan fingerprint density at radius 3 is 2.65 bits per heavy atom. The van der Waals surface area contributed by atoms with Gasteiger partial charge in [-0.1, -0.05) is 22.0 Å². The van der Waals surface area contributed by atoms with E-state index in [9.17, 15) is 4.79 Å². The molecule has 0 radical (unpaired) electrons. The lowest BCUT2D eigenvalue weighted by atomic mass is 10.2. The Hall–Kier alpha value is -2.01. The van der Waals surface area contributed by atoms with Crippen LogP contribution in [0.5, 0.6) is 11.5 Å². The molecule has 1 heterocycles. The lowest BCUT2D eigenvalue weighted by molar-refractivity contribution is 0.0472. The summed E-state index contributed by atoms with van der Waals surface area (Å²) < 4.78 is 16.7. The highest BCUT2D eigenvalue weighted by Crippen LogP contribution is 2.32. The summed E-state index contributed by atoms with van der Waals surface area (Å²) in [7, 11) is 0. The van der Waals surface area contributed by atoms with Crippen LogP contribution in [0, 0.1) is 0 Å². The molecular formula is C15H11BrO4. The molecule has 1 aliphatic rings. The molecule has 0 aromatic heterocycles. The van der Waals surface area contributed by atoms with E-state index in [4.69, 9.17) is 14.2 Å². The van der Waals surface area contributed by atoms with Gasteiger partial charge in [0.25, 0.3) is 0 Å². The molecule has 0 amide bonds. The average Bonchev–Trinajstić information content (AvgIpc) is 2.93. The van der Waals surface area contributed by atoms with Crippen LogP contribution in [0.4, 0.5) is 0 Å². The summed E-state index contributed by atoms with van der Waals surface area (Å²) in [5.74, 6) is 1.05. The Kier molecular flexibility index (Phi) is 3.60. The molecule has 20 heavy (non-hydrogen) atoms. The maximum absolute atomic E-state index is 11.9. The molecule has 1 aliphatic heterocycles. The number of rotatable bonds is 3. The minimum atomic E-state index is -0.352. The van der Waals surface area contributed by atoms with Gasteiger partial charge in [0.2, 0.25) is 6.79 Å². The van der Waals surface area contributed by atoms with Gasteiger partial charge < -0.3 is 14.2 Å². The third-order valence-corrected chi connectivity index (χ3v) is 3.42. The highest BCUT2D eigenvalue weighted by molar-refractivity contribution is 9.10. The number of carbonyl (C=O) groups is 1. The number of ether oxygens (including phenoxy) is 3. The predicted octanol–water partition coefficient (Wildman–Crippen LogP) is 3.53. The van der Waals surface area contributed by atoms with Crippen LogP contribution in [0.1, 0.15) is 15.9 Å². The highest BCUT2D eigenvalue weighted by atomic mass is 79.9. The van der Waals surface area contributed by atoms with Crippen molar-refractivity contribution in [2.24, 2.45) is 0 Å². The lowest BCUT2D eigenvalue weighted by Gasteiger charge is -2.06. The highest BCUT2D eigenvalue weighted by Gasteiger charge is 2.14. The molecule has 0 aliphatic carbocycles. The molecule has 0 fully saturated rings. The number of carbonyl (C=O) groups excluding carboxylic acids is 1. The normalized spacial score (nSPS) is 12.2. The van der Waals surface area contributed by atoms with Gasteiger partial charge in [0.15, 0.2) is 11.5 Å². The minimum Gasteiger partial charge on any atom is -0.457 e. The van der Waals surface area contributed by atoms with Crippen molar-refractivity contribution >= 4 is 21.9 Å². The predicted molar refractivity (Wildman–Crippen MR) is 75.8 cm³/mol. The number of hydrogen-bond acceptors (Lipinski definition) is 4. The second kappa shape index (κ2) is 5.54. The fraction of sp³-hybridized carbons (Fsp3) is 0.133. The number of halogens is 1. The molecule has 0 atom stereocenters. The van der Waals surface area contributed by atoms with Crippen molar-refractivity contribution in [1.29, 1.82) is 0 Å². The van der Waals surface area contributed by atoms with E-state index in [2.05, 4.69) is 15.9 Å². The quantitative estimate of drug-likeness (QED) is 0.805. The van der Waals surface area contributed by atoms with Gasteiger partial charge in [-0.25, -0.2) is 4.79 Å². The summed E-state index contributed by atoms with van der Waals surface area (Å²) in [6.45, 7) is 0.434.